The number of hydrogen-bond acceptors (Lipinski definition) is 5. The summed E-state index contributed by atoms with van der Waals surface area (Å²) in [5.41, 5.74) is 0.756. The van der Waals surface area contributed by atoms with Crippen LogP contribution in [0.2, 0.25) is 0 Å². The van der Waals surface area contributed by atoms with Crippen LogP contribution in [-0.2, 0) is 0 Å². The maximum atomic E-state index is 13.1. The summed E-state index contributed by atoms with van der Waals surface area (Å²) in [5.74, 6) is -0.754. The second-order valence-corrected chi connectivity index (χ2v) is 5.12. The van der Waals surface area contributed by atoms with Gasteiger partial charge in [-0.25, -0.2) is 9.37 Å². The van der Waals surface area contributed by atoms with Crippen molar-refractivity contribution in [3.05, 3.63) is 52.3 Å². The van der Waals surface area contributed by atoms with Gasteiger partial charge in [0, 0.05) is 11.6 Å². The first kappa shape index (κ1) is 12.5. The molecular weight excluding hydrogens is 283 g/mol. The minimum Gasteiger partial charge on any atom is -0.502 e. The van der Waals surface area contributed by atoms with Crippen LogP contribution in [0, 0.1) is 15.9 Å². The highest BCUT2D eigenvalue weighted by molar-refractivity contribution is 7.21. The first-order valence-electron chi connectivity index (χ1n) is 5.58. The van der Waals surface area contributed by atoms with Crippen molar-refractivity contribution in [1.29, 1.82) is 0 Å². The molecule has 20 heavy (non-hydrogen) atoms. The molecule has 0 aliphatic rings. The molecular formula is C13H7FN2O3S. The average molecular weight is 290 g/mol. The molecule has 0 saturated heterocycles. The first-order chi connectivity index (χ1) is 9.54. The highest BCUT2D eigenvalue weighted by atomic mass is 32.1. The van der Waals surface area contributed by atoms with Gasteiger partial charge in [-0.05, 0) is 30.3 Å². The van der Waals surface area contributed by atoms with Gasteiger partial charge in [0.15, 0.2) is 5.75 Å². The Balaban J connectivity index is 2.15. The van der Waals surface area contributed by atoms with Crippen molar-refractivity contribution < 1.29 is 14.4 Å². The standard InChI is InChI=1S/C13H7FN2O3S/c14-8-2-3-9-12(6-8)20-13(15-9)7-1-4-11(17)10(5-7)16(18)19/h1-6,17H. The molecule has 1 aromatic heterocycles. The molecule has 0 spiro atoms. The number of halogens is 1. The fraction of sp³-hybridized carbons (Fsp3) is 0. The monoisotopic (exact) mass is 290 g/mol. The van der Waals surface area contributed by atoms with E-state index in [1.807, 2.05) is 0 Å². The molecule has 1 heterocycles. The average Bonchev–Trinajstić information content (AvgIpc) is 2.81. The van der Waals surface area contributed by atoms with E-state index in [0.717, 1.165) is 0 Å². The van der Waals surface area contributed by atoms with Gasteiger partial charge in [-0.1, -0.05) is 0 Å². The van der Waals surface area contributed by atoms with Crippen molar-refractivity contribution in [2.75, 3.05) is 0 Å². The molecule has 2 aromatic carbocycles. The maximum absolute atomic E-state index is 13.1. The van der Waals surface area contributed by atoms with Gasteiger partial charge in [0.1, 0.15) is 10.8 Å². The zero-order valence-corrected chi connectivity index (χ0v) is 10.7. The van der Waals surface area contributed by atoms with E-state index in [2.05, 4.69) is 4.98 Å². The van der Waals surface area contributed by atoms with E-state index in [4.69, 9.17) is 0 Å². The van der Waals surface area contributed by atoms with Gasteiger partial charge < -0.3 is 5.11 Å². The lowest BCUT2D eigenvalue weighted by Crippen LogP contribution is -1.89. The van der Waals surface area contributed by atoms with Gasteiger partial charge in [0.2, 0.25) is 0 Å². The molecule has 1 N–H and O–H groups in total. The van der Waals surface area contributed by atoms with E-state index < -0.39 is 10.7 Å². The van der Waals surface area contributed by atoms with Crippen LogP contribution in [0.1, 0.15) is 0 Å². The van der Waals surface area contributed by atoms with E-state index in [1.54, 1.807) is 6.07 Å². The van der Waals surface area contributed by atoms with E-state index in [0.29, 0.717) is 20.8 Å². The summed E-state index contributed by atoms with van der Waals surface area (Å²) in [6, 6.07) is 8.27. The third-order valence-electron chi connectivity index (χ3n) is 2.77. The SMILES string of the molecule is O=[N+]([O-])c1cc(-c2nc3ccc(F)cc3s2)ccc1O. The van der Waals surface area contributed by atoms with E-state index in [9.17, 15) is 19.6 Å². The number of nitro benzene ring substituents is 1. The number of thiazole rings is 1. The molecule has 5 nitrogen and oxygen atoms in total. The molecule has 0 amide bonds. The van der Waals surface area contributed by atoms with Gasteiger partial charge in [0.05, 0.1) is 15.1 Å². The quantitative estimate of drug-likeness (QED) is 0.576. The largest absolute Gasteiger partial charge is 0.502 e. The molecule has 0 radical (unpaired) electrons. The summed E-state index contributed by atoms with van der Waals surface area (Å²) in [6.45, 7) is 0. The summed E-state index contributed by atoms with van der Waals surface area (Å²) in [7, 11) is 0. The van der Waals surface area contributed by atoms with Gasteiger partial charge in [-0.3, -0.25) is 10.1 Å². The molecule has 0 unspecified atom stereocenters. The Kier molecular flexibility index (Phi) is 2.83. The van der Waals surface area contributed by atoms with Crippen LogP contribution in [0.25, 0.3) is 20.8 Å². The fourth-order valence-corrected chi connectivity index (χ4v) is 2.81. The van der Waals surface area contributed by atoms with Crippen LogP contribution in [0.15, 0.2) is 36.4 Å². The van der Waals surface area contributed by atoms with Gasteiger partial charge >= 0.3 is 5.69 Å². The van der Waals surface area contributed by atoms with Crippen molar-refractivity contribution in [1.82, 2.24) is 4.98 Å². The van der Waals surface area contributed by atoms with Crippen LogP contribution in [-0.4, -0.2) is 15.0 Å². The smallest absolute Gasteiger partial charge is 0.311 e. The lowest BCUT2D eigenvalue weighted by molar-refractivity contribution is -0.385. The normalized spacial score (nSPS) is 10.8. The number of aromatic nitrogens is 1. The van der Waals surface area contributed by atoms with Crippen molar-refractivity contribution in [3.8, 4) is 16.3 Å². The number of fused-ring (bicyclic) bond motifs is 1. The zero-order valence-electron chi connectivity index (χ0n) is 9.91. The summed E-state index contributed by atoms with van der Waals surface area (Å²) < 4.78 is 13.8. The van der Waals surface area contributed by atoms with Gasteiger partial charge in [-0.15, -0.1) is 11.3 Å². The minimum absolute atomic E-state index is 0.357. The lowest BCUT2D eigenvalue weighted by atomic mass is 10.2. The number of phenolic OH excluding ortho intramolecular Hbond substituents is 1. The van der Waals surface area contributed by atoms with Crippen molar-refractivity contribution in [2.24, 2.45) is 0 Å². The number of benzene rings is 2. The molecule has 0 aliphatic carbocycles. The number of rotatable bonds is 2. The molecule has 3 rings (SSSR count). The zero-order chi connectivity index (χ0) is 14.3. The molecule has 0 atom stereocenters. The van der Waals surface area contributed by atoms with Gasteiger partial charge in [-0.2, -0.15) is 0 Å². The topological polar surface area (TPSA) is 76.3 Å². The number of nitro groups is 1. The third-order valence-corrected chi connectivity index (χ3v) is 3.84. The molecule has 0 bridgehead atoms. The molecule has 7 heteroatoms. The van der Waals surface area contributed by atoms with Crippen LogP contribution >= 0.6 is 11.3 Å². The first-order valence-corrected chi connectivity index (χ1v) is 6.40. The van der Waals surface area contributed by atoms with E-state index >= 15 is 0 Å². The third kappa shape index (κ3) is 2.08. The van der Waals surface area contributed by atoms with Crippen LogP contribution < -0.4 is 0 Å². The van der Waals surface area contributed by atoms with E-state index in [-0.39, 0.29) is 11.5 Å². The summed E-state index contributed by atoms with van der Waals surface area (Å²) in [5, 5.41) is 20.8. The molecule has 0 aliphatic heterocycles. The van der Waals surface area contributed by atoms with Crippen molar-refractivity contribution in [3.63, 3.8) is 0 Å². The molecule has 100 valence electrons. The number of nitrogens with zero attached hydrogens (tertiary/aromatic N) is 2. The Morgan fingerprint density at radius 1 is 1.25 bits per heavy atom. The second kappa shape index (κ2) is 4.53. The highest BCUT2D eigenvalue weighted by Gasteiger charge is 2.16. The summed E-state index contributed by atoms with van der Waals surface area (Å²) in [6.07, 6.45) is 0. The maximum Gasteiger partial charge on any atom is 0.311 e. The van der Waals surface area contributed by atoms with Crippen LogP contribution in [0.4, 0.5) is 10.1 Å². The Morgan fingerprint density at radius 3 is 2.80 bits per heavy atom. The highest BCUT2D eigenvalue weighted by Crippen LogP contribution is 2.35. The van der Waals surface area contributed by atoms with Gasteiger partial charge in [0.25, 0.3) is 0 Å². The predicted molar refractivity (Wildman–Crippen MR) is 73.3 cm³/mol. The fourth-order valence-electron chi connectivity index (χ4n) is 1.82. The number of phenols is 1. The van der Waals surface area contributed by atoms with Crippen molar-refractivity contribution in [2.45, 2.75) is 0 Å². The Bertz CT molecular complexity index is 832. The minimum atomic E-state index is -0.661. The Labute approximate surface area is 116 Å². The van der Waals surface area contributed by atoms with Crippen molar-refractivity contribution >= 4 is 27.2 Å². The predicted octanol–water partition coefficient (Wildman–Crippen LogP) is 3.72. The number of hydrogen-bond donors (Lipinski definition) is 1. The molecule has 0 saturated carbocycles. The van der Waals surface area contributed by atoms with Crippen LogP contribution in [0.3, 0.4) is 0 Å². The van der Waals surface area contributed by atoms with Crippen LogP contribution in [0.5, 0.6) is 5.75 Å². The van der Waals surface area contributed by atoms with E-state index in [1.165, 1.54) is 41.7 Å². The Hall–Kier alpha value is -2.54. The number of aromatic hydroxyl groups is 1. The summed E-state index contributed by atoms with van der Waals surface area (Å²) in [4.78, 5) is 14.4. The lowest BCUT2D eigenvalue weighted by Gasteiger charge is -1.98. The molecule has 3 aromatic rings. The second-order valence-electron chi connectivity index (χ2n) is 4.09. The summed E-state index contributed by atoms with van der Waals surface area (Å²) >= 11 is 1.24. The molecule has 0 fully saturated rings. The Morgan fingerprint density at radius 2 is 2.05 bits per heavy atom.